The average molecular weight is 713 g/mol. The van der Waals surface area contributed by atoms with Crippen LogP contribution in [0.5, 0.6) is 23.0 Å². The zero-order valence-corrected chi connectivity index (χ0v) is 28.2. The number of nitrogens with zero attached hydrogens (tertiary/aromatic N) is 8. The van der Waals surface area contributed by atoms with Crippen molar-refractivity contribution in [2.24, 2.45) is 0 Å². The van der Waals surface area contributed by atoms with E-state index < -0.39 is 11.6 Å². The van der Waals surface area contributed by atoms with Gasteiger partial charge in [-0.05, 0) is 72.8 Å². The molecule has 10 aromatic rings. The molecule has 12 heteroatoms. The van der Waals surface area contributed by atoms with Crippen molar-refractivity contribution in [3.05, 3.63) is 170 Å². The number of hydrogen-bond donors (Lipinski definition) is 0. The predicted molar refractivity (Wildman–Crippen MR) is 200 cm³/mol. The Kier molecular flexibility index (Phi) is 7.25. The first-order chi connectivity index (χ1) is 26.6. The maximum absolute atomic E-state index is 14.9. The molecule has 0 unspecified atom stereocenters. The molecule has 0 N–H and O–H groups in total. The van der Waals surface area contributed by atoms with Gasteiger partial charge in [-0.1, -0.05) is 12.1 Å². The Bertz CT molecular complexity index is 2790. The van der Waals surface area contributed by atoms with Crippen LogP contribution in [0.1, 0.15) is 0 Å². The van der Waals surface area contributed by atoms with Crippen LogP contribution in [0.4, 0.5) is 8.78 Å². The molecule has 0 saturated carbocycles. The fraction of sp³-hybridized carbons (Fsp3) is 0. The molecular formula is C42H26F2N8O2. The van der Waals surface area contributed by atoms with Crippen LogP contribution in [0.3, 0.4) is 0 Å². The van der Waals surface area contributed by atoms with Crippen molar-refractivity contribution in [3.8, 4) is 46.0 Å². The van der Waals surface area contributed by atoms with Gasteiger partial charge in [0.2, 0.25) is 0 Å². The number of halogens is 2. The summed E-state index contributed by atoms with van der Waals surface area (Å²) in [5, 5.41) is 10.2. The molecule has 0 aliphatic rings. The Hall–Kier alpha value is -7.60. The highest BCUT2D eigenvalue weighted by Gasteiger charge is 2.24. The zero-order chi connectivity index (χ0) is 36.2. The lowest BCUT2D eigenvalue weighted by atomic mass is 10.2. The van der Waals surface area contributed by atoms with Crippen molar-refractivity contribution in [2.75, 3.05) is 0 Å². The number of pyridine rings is 2. The first-order valence-electron chi connectivity index (χ1n) is 17.0. The number of rotatable bonds is 8. The van der Waals surface area contributed by atoms with Gasteiger partial charge in [0.05, 0.1) is 33.4 Å². The van der Waals surface area contributed by atoms with Gasteiger partial charge in [0.1, 0.15) is 46.3 Å². The molecule has 0 amide bonds. The predicted octanol–water partition coefficient (Wildman–Crippen LogP) is 9.75. The van der Waals surface area contributed by atoms with Gasteiger partial charge in [0.25, 0.3) is 0 Å². The van der Waals surface area contributed by atoms with E-state index in [0.717, 1.165) is 22.1 Å². The minimum absolute atomic E-state index is 0.356. The van der Waals surface area contributed by atoms with Gasteiger partial charge < -0.3 is 9.47 Å². The molecule has 0 atom stereocenters. The second-order valence-electron chi connectivity index (χ2n) is 12.5. The zero-order valence-electron chi connectivity index (χ0n) is 28.2. The molecule has 54 heavy (non-hydrogen) atoms. The van der Waals surface area contributed by atoms with E-state index >= 15 is 0 Å². The van der Waals surface area contributed by atoms with E-state index in [9.17, 15) is 8.78 Å². The first kappa shape index (κ1) is 31.2. The third-order valence-corrected chi connectivity index (χ3v) is 9.12. The van der Waals surface area contributed by atoms with Crippen molar-refractivity contribution >= 4 is 32.8 Å². The van der Waals surface area contributed by atoms with E-state index in [2.05, 4.69) is 20.2 Å². The lowest BCUT2D eigenvalue weighted by Crippen LogP contribution is -1.99. The Labute approximate surface area is 305 Å². The normalized spacial score (nSPS) is 11.5. The molecule has 0 aliphatic carbocycles. The molecule has 6 aromatic heterocycles. The standard InChI is InChI=1S/C42H26F2N8O2/c43-27-13-17-45-39(21-27)51-37-25-33(53-31-7-1-5-29(23-31)49-19-3-15-47-49)9-11-35(37)41-42(51)36-12-10-34(26-38(36)52(41)40-22-28(44)14-18-46-40)54-32-8-2-6-30(24-32)50-20-4-16-48-50/h1-26H. The summed E-state index contributed by atoms with van der Waals surface area (Å²) in [6.07, 6.45) is 10.0. The van der Waals surface area contributed by atoms with Crippen molar-refractivity contribution in [2.45, 2.75) is 0 Å². The molecular weight excluding hydrogens is 687 g/mol. The molecule has 10 nitrogen and oxygen atoms in total. The van der Waals surface area contributed by atoms with Crippen LogP contribution in [0.15, 0.2) is 159 Å². The van der Waals surface area contributed by atoms with Gasteiger partial charge in [-0.2, -0.15) is 10.2 Å². The topological polar surface area (TPSA) is 89.7 Å². The van der Waals surface area contributed by atoms with E-state index in [1.54, 1.807) is 21.8 Å². The number of benzene rings is 4. The number of hydrogen-bond acceptors (Lipinski definition) is 6. The SMILES string of the molecule is Fc1ccnc(-n2c3cc(Oc4cccc(-n5cccn5)c4)ccc3c3c2c2ccc(Oc4cccc(-n5cccn5)c4)cc2n3-c2cc(F)ccn2)c1. The Morgan fingerprint density at radius 2 is 0.907 bits per heavy atom. The molecule has 4 aromatic carbocycles. The van der Waals surface area contributed by atoms with Gasteiger partial charge >= 0.3 is 0 Å². The molecule has 0 radical (unpaired) electrons. The second-order valence-corrected chi connectivity index (χ2v) is 12.5. The van der Waals surface area contributed by atoms with Crippen molar-refractivity contribution in [1.29, 1.82) is 0 Å². The summed E-state index contributed by atoms with van der Waals surface area (Å²) >= 11 is 0. The van der Waals surface area contributed by atoms with Crippen LogP contribution in [0, 0.1) is 11.6 Å². The maximum atomic E-state index is 14.9. The van der Waals surface area contributed by atoms with E-state index in [4.69, 9.17) is 9.47 Å². The summed E-state index contributed by atoms with van der Waals surface area (Å²) in [6.45, 7) is 0. The highest BCUT2D eigenvalue weighted by Crippen LogP contribution is 2.43. The molecule has 0 spiro atoms. The Morgan fingerprint density at radius 1 is 0.444 bits per heavy atom. The summed E-state index contributed by atoms with van der Waals surface area (Å²) in [6, 6.07) is 35.7. The molecule has 0 saturated heterocycles. The van der Waals surface area contributed by atoms with Crippen LogP contribution in [0.25, 0.3) is 55.8 Å². The minimum atomic E-state index is -0.443. The van der Waals surface area contributed by atoms with E-state index in [0.29, 0.717) is 56.7 Å². The summed E-state index contributed by atoms with van der Waals surface area (Å²) in [4.78, 5) is 9.19. The fourth-order valence-electron chi connectivity index (χ4n) is 6.87. The van der Waals surface area contributed by atoms with Gasteiger partial charge in [0, 0.05) is 84.4 Å². The van der Waals surface area contributed by atoms with Crippen LogP contribution in [-0.4, -0.2) is 38.7 Å². The van der Waals surface area contributed by atoms with Crippen molar-refractivity contribution < 1.29 is 18.3 Å². The minimum Gasteiger partial charge on any atom is -0.457 e. The molecule has 6 heterocycles. The molecule has 0 aliphatic heterocycles. The van der Waals surface area contributed by atoms with Crippen molar-refractivity contribution in [3.63, 3.8) is 0 Å². The first-order valence-corrected chi connectivity index (χ1v) is 17.0. The van der Waals surface area contributed by atoms with E-state index in [-0.39, 0.29) is 0 Å². The van der Waals surface area contributed by atoms with E-state index in [1.807, 2.05) is 119 Å². The van der Waals surface area contributed by atoms with Crippen LogP contribution < -0.4 is 9.47 Å². The summed E-state index contributed by atoms with van der Waals surface area (Å²) in [5.41, 5.74) is 4.51. The third-order valence-electron chi connectivity index (χ3n) is 9.12. The van der Waals surface area contributed by atoms with Gasteiger partial charge in [-0.15, -0.1) is 0 Å². The highest BCUT2D eigenvalue weighted by molar-refractivity contribution is 6.20. The number of fused-ring (bicyclic) bond motifs is 5. The van der Waals surface area contributed by atoms with Crippen LogP contribution in [-0.2, 0) is 0 Å². The monoisotopic (exact) mass is 712 g/mol. The lowest BCUT2D eigenvalue weighted by molar-refractivity contribution is 0.482. The third kappa shape index (κ3) is 5.40. The molecule has 0 bridgehead atoms. The van der Waals surface area contributed by atoms with Gasteiger partial charge in [-0.25, -0.2) is 28.1 Å². The summed E-state index contributed by atoms with van der Waals surface area (Å²) < 4.78 is 49.9. The Morgan fingerprint density at radius 3 is 1.33 bits per heavy atom. The fourth-order valence-corrected chi connectivity index (χ4v) is 6.87. The van der Waals surface area contributed by atoms with Gasteiger partial charge in [0.15, 0.2) is 0 Å². The number of ether oxygens (including phenoxy) is 2. The Balaban J connectivity index is 1.18. The van der Waals surface area contributed by atoms with Gasteiger partial charge in [-0.3, -0.25) is 9.13 Å². The molecule has 0 fully saturated rings. The van der Waals surface area contributed by atoms with E-state index in [1.165, 1.54) is 36.7 Å². The number of aromatic nitrogens is 8. The maximum Gasteiger partial charge on any atom is 0.140 e. The lowest BCUT2D eigenvalue weighted by Gasteiger charge is -2.12. The van der Waals surface area contributed by atoms with Crippen molar-refractivity contribution in [1.82, 2.24) is 38.7 Å². The largest absolute Gasteiger partial charge is 0.457 e. The van der Waals surface area contributed by atoms with Crippen LogP contribution >= 0.6 is 0 Å². The summed E-state index contributed by atoms with van der Waals surface area (Å²) in [7, 11) is 0. The quantitative estimate of drug-likeness (QED) is 0.156. The molecule has 260 valence electrons. The van der Waals surface area contributed by atoms with Crippen LogP contribution in [0.2, 0.25) is 0 Å². The molecule has 10 rings (SSSR count). The highest BCUT2D eigenvalue weighted by atomic mass is 19.1. The summed E-state index contributed by atoms with van der Waals surface area (Å²) in [5.74, 6) is 2.13. The average Bonchev–Trinajstić information content (AvgIpc) is 4.01. The second kappa shape index (κ2) is 12.6. The smallest absolute Gasteiger partial charge is 0.140 e.